The Balaban J connectivity index is 2.70. The van der Waals surface area contributed by atoms with Crippen LogP contribution in [0, 0.1) is 5.92 Å². The second kappa shape index (κ2) is 6.04. The van der Waals surface area contributed by atoms with E-state index in [0.29, 0.717) is 23.8 Å². The Morgan fingerprint density at radius 3 is 2.50 bits per heavy atom. The lowest BCUT2D eigenvalue weighted by Gasteiger charge is -2.20. The van der Waals surface area contributed by atoms with Crippen LogP contribution >= 0.6 is 11.6 Å². The fourth-order valence-electron chi connectivity index (χ4n) is 1.28. The van der Waals surface area contributed by atoms with E-state index in [1.807, 2.05) is 6.07 Å². The maximum atomic E-state index is 5.82. The van der Waals surface area contributed by atoms with Gasteiger partial charge in [-0.2, -0.15) is 0 Å². The molecule has 0 spiro atoms. The number of hydrogen-bond acceptors (Lipinski definition) is 3. The summed E-state index contributed by atoms with van der Waals surface area (Å²) in [6.45, 7) is 8.48. The molecule has 0 aliphatic rings. The molecule has 16 heavy (non-hydrogen) atoms. The summed E-state index contributed by atoms with van der Waals surface area (Å²) >= 11 is 5.82. The predicted molar refractivity (Wildman–Crippen MR) is 69.1 cm³/mol. The molecule has 0 saturated carbocycles. The Kier molecular flexibility index (Phi) is 5.00. The van der Waals surface area contributed by atoms with Crippen LogP contribution in [0.5, 0.6) is 0 Å². The van der Waals surface area contributed by atoms with Crippen molar-refractivity contribution in [3.63, 3.8) is 0 Å². The molecule has 0 amide bonds. The zero-order valence-corrected chi connectivity index (χ0v) is 11.1. The lowest BCUT2D eigenvalue weighted by molar-refractivity contribution is 0.564. The number of anilines is 1. The lowest BCUT2D eigenvalue weighted by Crippen LogP contribution is -2.25. The van der Waals surface area contributed by atoms with Crippen LogP contribution in [0.2, 0.25) is 0 Å². The van der Waals surface area contributed by atoms with Gasteiger partial charge in [-0.05, 0) is 18.8 Å². The molecular formula is C12H20ClN3. The van der Waals surface area contributed by atoms with Gasteiger partial charge in [-0.1, -0.05) is 20.8 Å². The average Bonchev–Trinajstić information content (AvgIpc) is 2.28. The third-order valence-electron chi connectivity index (χ3n) is 2.75. The van der Waals surface area contributed by atoms with E-state index in [1.165, 1.54) is 0 Å². The molecule has 1 aromatic rings. The molecule has 3 nitrogen and oxygen atoms in total. The van der Waals surface area contributed by atoms with Gasteiger partial charge in [-0.15, -0.1) is 11.6 Å². The first-order valence-electron chi connectivity index (χ1n) is 5.69. The van der Waals surface area contributed by atoms with Crippen LogP contribution in [-0.2, 0) is 0 Å². The summed E-state index contributed by atoms with van der Waals surface area (Å²) in [5, 5.41) is 3.35. The zero-order valence-electron chi connectivity index (χ0n) is 10.4. The number of alkyl halides is 1. The largest absolute Gasteiger partial charge is 0.367 e. The minimum Gasteiger partial charge on any atom is -0.367 e. The SMILES string of the molecule is CC(C)c1cc(NC(C)C(C)CCl)ncn1. The van der Waals surface area contributed by atoms with Crippen molar-refractivity contribution in [1.29, 1.82) is 0 Å². The molecule has 0 bridgehead atoms. The van der Waals surface area contributed by atoms with Crippen molar-refractivity contribution in [3.05, 3.63) is 18.1 Å². The molecule has 0 fully saturated rings. The Morgan fingerprint density at radius 2 is 1.94 bits per heavy atom. The van der Waals surface area contributed by atoms with E-state index in [2.05, 4.69) is 43.0 Å². The minimum absolute atomic E-state index is 0.312. The molecule has 2 unspecified atom stereocenters. The molecule has 0 aromatic carbocycles. The molecule has 0 radical (unpaired) electrons. The van der Waals surface area contributed by atoms with Gasteiger partial charge < -0.3 is 5.32 Å². The molecule has 1 heterocycles. The molecule has 0 aliphatic carbocycles. The number of halogens is 1. The predicted octanol–water partition coefficient (Wildman–Crippen LogP) is 3.28. The molecule has 1 rings (SSSR count). The van der Waals surface area contributed by atoms with Gasteiger partial charge in [-0.25, -0.2) is 9.97 Å². The standard InChI is InChI=1S/C12H20ClN3/c1-8(2)11-5-12(15-7-14-11)16-10(4)9(3)6-13/h5,7-10H,6H2,1-4H3,(H,14,15,16). The summed E-state index contributed by atoms with van der Waals surface area (Å²) in [5.41, 5.74) is 1.06. The molecule has 90 valence electrons. The van der Waals surface area contributed by atoms with E-state index in [4.69, 9.17) is 11.6 Å². The Bertz CT molecular complexity index is 328. The van der Waals surface area contributed by atoms with Gasteiger partial charge in [-0.3, -0.25) is 0 Å². The fraction of sp³-hybridized carbons (Fsp3) is 0.667. The molecule has 1 aromatic heterocycles. The first-order valence-corrected chi connectivity index (χ1v) is 6.22. The minimum atomic E-state index is 0.312. The smallest absolute Gasteiger partial charge is 0.129 e. The highest BCUT2D eigenvalue weighted by Gasteiger charge is 2.12. The summed E-state index contributed by atoms with van der Waals surface area (Å²) < 4.78 is 0. The summed E-state index contributed by atoms with van der Waals surface area (Å²) in [6, 6.07) is 2.31. The van der Waals surface area contributed by atoms with Crippen molar-refractivity contribution in [1.82, 2.24) is 9.97 Å². The van der Waals surface area contributed by atoms with Crippen LogP contribution in [-0.4, -0.2) is 21.9 Å². The van der Waals surface area contributed by atoms with Gasteiger partial charge in [0.2, 0.25) is 0 Å². The molecular weight excluding hydrogens is 222 g/mol. The summed E-state index contributed by atoms with van der Waals surface area (Å²) in [4.78, 5) is 8.45. The second-order valence-electron chi connectivity index (χ2n) is 4.55. The van der Waals surface area contributed by atoms with E-state index in [1.54, 1.807) is 6.33 Å². The Labute approximate surface area is 103 Å². The van der Waals surface area contributed by atoms with Crippen LogP contribution in [0.25, 0.3) is 0 Å². The van der Waals surface area contributed by atoms with Crippen molar-refractivity contribution >= 4 is 17.4 Å². The topological polar surface area (TPSA) is 37.8 Å². The van der Waals surface area contributed by atoms with Crippen molar-refractivity contribution in [2.45, 2.75) is 39.7 Å². The molecule has 0 saturated heterocycles. The number of nitrogens with one attached hydrogen (secondary N) is 1. The highest BCUT2D eigenvalue weighted by molar-refractivity contribution is 6.18. The zero-order chi connectivity index (χ0) is 12.1. The summed E-state index contributed by atoms with van der Waals surface area (Å²) in [7, 11) is 0. The normalized spacial score (nSPS) is 14.9. The van der Waals surface area contributed by atoms with Gasteiger partial charge in [0.15, 0.2) is 0 Å². The number of aromatic nitrogens is 2. The van der Waals surface area contributed by atoms with E-state index >= 15 is 0 Å². The quantitative estimate of drug-likeness (QED) is 0.804. The third-order valence-corrected chi connectivity index (χ3v) is 3.24. The van der Waals surface area contributed by atoms with Crippen molar-refractivity contribution in [3.8, 4) is 0 Å². The summed E-state index contributed by atoms with van der Waals surface area (Å²) in [5.74, 6) is 2.36. The first-order chi connectivity index (χ1) is 7.54. The molecule has 0 aliphatic heterocycles. The first kappa shape index (κ1) is 13.2. The molecule has 1 N–H and O–H groups in total. The van der Waals surface area contributed by atoms with Crippen LogP contribution in [0.3, 0.4) is 0 Å². The van der Waals surface area contributed by atoms with Gasteiger partial charge >= 0.3 is 0 Å². The monoisotopic (exact) mass is 241 g/mol. The molecule has 2 atom stereocenters. The van der Waals surface area contributed by atoms with Crippen molar-refractivity contribution in [2.24, 2.45) is 5.92 Å². The van der Waals surface area contributed by atoms with E-state index in [9.17, 15) is 0 Å². The highest BCUT2D eigenvalue weighted by atomic mass is 35.5. The number of hydrogen-bond donors (Lipinski definition) is 1. The van der Waals surface area contributed by atoms with Crippen molar-refractivity contribution in [2.75, 3.05) is 11.2 Å². The van der Waals surface area contributed by atoms with Crippen LogP contribution in [0.4, 0.5) is 5.82 Å². The van der Waals surface area contributed by atoms with E-state index in [-0.39, 0.29) is 0 Å². The Hall–Kier alpha value is -0.830. The van der Waals surface area contributed by atoms with Crippen LogP contribution in [0.1, 0.15) is 39.3 Å². The lowest BCUT2D eigenvalue weighted by atomic mass is 10.1. The van der Waals surface area contributed by atoms with E-state index < -0.39 is 0 Å². The van der Waals surface area contributed by atoms with Gasteiger partial charge in [0, 0.05) is 23.7 Å². The van der Waals surface area contributed by atoms with Gasteiger partial charge in [0.1, 0.15) is 12.1 Å². The molecule has 4 heteroatoms. The van der Waals surface area contributed by atoms with E-state index in [0.717, 1.165) is 11.5 Å². The fourth-order valence-corrected chi connectivity index (χ4v) is 1.54. The van der Waals surface area contributed by atoms with Gasteiger partial charge in [0.05, 0.1) is 0 Å². The highest BCUT2D eigenvalue weighted by Crippen LogP contribution is 2.16. The van der Waals surface area contributed by atoms with Crippen LogP contribution < -0.4 is 5.32 Å². The van der Waals surface area contributed by atoms with Gasteiger partial charge in [0.25, 0.3) is 0 Å². The maximum Gasteiger partial charge on any atom is 0.129 e. The number of nitrogens with zero attached hydrogens (tertiary/aromatic N) is 2. The maximum absolute atomic E-state index is 5.82. The Morgan fingerprint density at radius 1 is 1.25 bits per heavy atom. The van der Waals surface area contributed by atoms with Crippen molar-refractivity contribution < 1.29 is 0 Å². The summed E-state index contributed by atoms with van der Waals surface area (Å²) in [6.07, 6.45) is 1.61. The average molecular weight is 242 g/mol. The second-order valence-corrected chi connectivity index (χ2v) is 4.86. The third kappa shape index (κ3) is 3.63. The van der Waals surface area contributed by atoms with Crippen LogP contribution in [0.15, 0.2) is 12.4 Å². The number of rotatable bonds is 5.